The van der Waals surface area contributed by atoms with Crippen LogP contribution in [0.2, 0.25) is 5.02 Å². The topological polar surface area (TPSA) is 52.0 Å². The first-order chi connectivity index (χ1) is 8.97. The second-order valence-electron chi connectivity index (χ2n) is 4.30. The molecule has 0 saturated carbocycles. The quantitative estimate of drug-likeness (QED) is 0.809. The summed E-state index contributed by atoms with van der Waals surface area (Å²) in [6.45, 7) is 3.43. The summed E-state index contributed by atoms with van der Waals surface area (Å²) in [4.78, 5) is 28.1. The van der Waals surface area contributed by atoms with Crippen LogP contribution in [0.15, 0.2) is 35.1 Å². The highest BCUT2D eigenvalue weighted by Crippen LogP contribution is 2.11. The monoisotopic (exact) mass is 276 g/mol. The molecule has 0 N–H and O–H groups in total. The third-order valence-corrected chi connectivity index (χ3v) is 3.01. The standard InChI is InChI=1S/C14H13ClN2O2/c1-9-6-14(19)17(10(2)16-9)8-13(18)11-4-3-5-12(15)7-11/h3-7H,8H2,1-2H3. The zero-order chi connectivity index (χ0) is 14.0. The largest absolute Gasteiger partial charge is 0.292 e. The van der Waals surface area contributed by atoms with Crippen molar-refractivity contribution in [2.45, 2.75) is 20.4 Å². The number of aromatic nitrogens is 2. The van der Waals surface area contributed by atoms with E-state index in [1.165, 1.54) is 10.6 Å². The molecule has 0 amide bonds. The molecule has 0 spiro atoms. The molecule has 19 heavy (non-hydrogen) atoms. The van der Waals surface area contributed by atoms with Crippen molar-refractivity contribution >= 4 is 17.4 Å². The molecule has 1 aromatic carbocycles. The molecule has 4 nitrogen and oxygen atoms in total. The van der Waals surface area contributed by atoms with Crippen LogP contribution in [0.25, 0.3) is 0 Å². The number of ketones is 1. The van der Waals surface area contributed by atoms with Gasteiger partial charge in [0.25, 0.3) is 5.56 Å². The Hall–Kier alpha value is -1.94. The van der Waals surface area contributed by atoms with Gasteiger partial charge in [0.15, 0.2) is 5.78 Å². The van der Waals surface area contributed by atoms with Crippen molar-refractivity contribution < 1.29 is 4.79 Å². The summed E-state index contributed by atoms with van der Waals surface area (Å²) in [5.74, 6) is 0.360. The van der Waals surface area contributed by atoms with Gasteiger partial charge < -0.3 is 0 Å². The molecule has 0 bridgehead atoms. The van der Waals surface area contributed by atoms with Crippen LogP contribution in [-0.2, 0) is 6.54 Å². The number of hydrogen-bond acceptors (Lipinski definition) is 3. The Kier molecular flexibility index (Phi) is 3.81. The average molecular weight is 277 g/mol. The summed E-state index contributed by atoms with van der Waals surface area (Å²) in [7, 11) is 0. The van der Waals surface area contributed by atoms with Gasteiger partial charge in [-0.1, -0.05) is 23.7 Å². The maximum atomic E-state index is 12.1. The molecule has 98 valence electrons. The number of Topliss-reactive ketones (excluding diaryl/α,β-unsaturated/α-hetero) is 1. The number of halogens is 1. The molecule has 2 aromatic rings. The smallest absolute Gasteiger partial charge is 0.254 e. The Balaban J connectivity index is 2.32. The van der Waals surface area contributed by atoms with Crippen LogP contribution < -0.4 is 5.56 Å². The van der Waals surface area contributed by atoms with Crippen molar-refractivity contribution in [2.75, 3.05) is 0 Å². The van der Waals surface area contributed by atoms with E-state index >= 15 is 0 Å². The van der Waals surface area contributed by atoms with Crippen molar-refractivity contribution in [2.24, 2.45) is 0 Å². The summed E-state index contributed by atoms with van der Waals surface area (Å²) < 4.78 is 1.36. The second-order valence-corrected chi connectivity index (χ2v) is 4.74. The first-order valence-electron chi connectivity index (χ1n) is 5.81. The molecule has 0 atom stereocenters. The highest BCUT2D eigenvalue weighted by atomic mass is 35.5. The van der Waals surface area contributed by atoms with Crippen molar-refractivity contribution in [3.63, 3.8) is 0 Å². The van der Waals surface area contributed by atoms with Crippen LogP contribution in [0, 0.1) is 13.8 Å². The van der Waals surface area contributed by atoms with Crippen molar-refractivity contribution in [3.05, 3.63) is 62.8 Å². The van der Waals surface area contributed by atoms with Crippen molar-refractivity contribution in [1.29, 1.82) is 0 Å². The van der Waals surface area contributed by atoms with Gasteiger partial charge in [0.05, 0.1) is 6.54 Å². The minimum Gasteiger partial charge on any atom is -0.292 e. The van der Waals surface area contributed by atoms with Crippen LogP contribution in [-0.4, -0.2) is 15.3 Å². The molecule has 0 radical (unpaired) electrons. The van der Waals surface area contributed by atoms with Gasteiger partial charge in [0.1, 0.15) is 5.82 Å². The van der Waals surface area contributed by atoms with E-state index in [9.17, 15) is 9.59 Å². The summed E-state index contributed by atoms with van der Waals surface area (Å²) in [6.07, 6.45) is 0. The Labute approximate surface area is 115 Å². The Morgan fingerprint density at radius 3 is 2.68 bits per heavy atom. The Bertz CT molecular complexity index is 692. The number of rotatable bonds is 3. The lowest BCUT2D eigenvalue weighted by molar-refractivity contribution is 0.0969. The lowest BCUT2D eigenvalue weighted by Crippen LogP contribution is -2.27. The molecule has 0 saturated heterocycles. The highest BCUT2D eigenvalue weighted by molar-refractivity contribution is 6.31. The van der Waals surface area contributed by atoms with Gasteiger partial charge >= 0.3 is 0 Å². The average Bonchev–Trinajstić information content (AvgIpc) is 2.33. The lowest BCUT2D eigenvalue weighted by atomic mass is 10.1. The van der Waals surface area contributed by atoms with E-state index in [0.717, 1.165) is 0 Å². The zero-order valence-electron chi connectivity index (χ0n) is 10.7. The predicted octanol–water partition coefficient (Wildman–Crippen LogP) is 2.40. The Morgan fingerprint density at radius 2 is 2.05 bits per heavy atom. The van der Waals surface area contributed by atoms with Crippen LogP contribution >= 0.6 is 11.6 Å². The summed E-state index contributed by atoms with van der Waals surface area (Å²) in [5.41, 5.74) is 0.911. The molecule has 0 fully saturated rings. The fraction of sp³-hybridized carbons (Fsp3) is 0.214. The molecule has 5 heteroatoms. The second kappa shape index (κ2) is 5.36. The maximum Gasteiger partial charge on any atom is 0.254 e. The van der Waals surface area contributed by atoms with Gasteiger partial charge in [0, 0.05) is 22.3 Å². The zero-order valence-corrected chi connectivity index (χ0v) is 11.4. The van der Waals surface area contributed by atoms with E-state index in [1.54, 1.807) is 38.1 Å². The molecule has 0 aliphatic heterocycles. The normalized spacial score (nSPS) is 10.5. The van der Waals surface area contributed by atoms with Crippen LogP contribution in [0.5, 0.6) is 0 Å². The molecule has 0 aliphatic carbocycles. The number of carbonyl (C=O) groups excluding carboxylic acids is 1. The molecular formula is C14H13ClN2O2. The SMILES string of the molecule is Cc1cc(=O)n(CC(=O)c2cccc(Cl)c2)c(C)n1. The van der Waals surface area contributed by atoms with E-state index in [0.29, 0.717) is 22.1 Å². The third kappa shape index (κ3) is 3.09. The predicted molar refractivity (Wildman–Crippen MR) is 73.8 cm³/mol. The first-order valence-corrected chi connectivity index (χ1v) is 6.19. The van der Waals surface area contributed by atoms with E-state index in [1.807, 2.05) is 0 Å². The van der Waals surface area contributed by atoms with E-state index in [2.05, 4.69) is 4.98 Å². The fourth-order valence-electron chi connectivity index (χ4n) is 1.85. The Morgan fingerprint density at radius 1 is 1.32 bits per heavy atom. The molecule has 1 heterocycles. The third-order valence-electron chi connectivity index (χ3n) is 2.78. The van der Waals surface area contributed by atoms with Gasteiger partial charge in [-0.15, -0.1) is 0 Å². The summed E-state index contributed by atoms with van der Waals surface area (Å²) in [5, 5.41) is 0.497. The fourth-order valence-corrected chi connectivity index (χ4v) is 2.04. The number of benzene rings is 1. The number of aryl methyl sites for hydroxylation is 2. The van der Waals surface area contributed by atoms with Crippen LogP contribution in [0.4, 0.5) is 0 Å². The van der Waals surface area contributed by atoms with Crippen LogP contribution in [0.1, 0.15) is 21.9 Å². The first kappa shape index (κ1) is 13.5. The van der Waals surface area contributed by atoms with Gasteiger partial charge in [-0.25, -0.2) is 4.98 Å². The maximum absolute atomic E-state index is 12.1. The van der Waals surface area contributed by atoms with Crippen molar-refractivity contribution in [3.8, 4) is 0 Å². The number of carbonyl (C=O) groups is 1. The minimum absolute atomic E-state index is 0.0295. The van der Waals surface area contributed by atoms with Gasteiger partial charge in [-0.05, 0) is 26.0 Å². The lowest BCUT2D eigenvalue weighted by Gasteiger charge is -2.09. The van der Waals surface area contributed by atoms with E-state index in [-0.39, 0.29) is 17.9 Å². The molecule has 0 aliphatic rings. The summed E-state index contributed by atoms with van der Waals surface area (Å²) >= 11 is 5.84. The molecule has 0 unspecified atom stereocenters. The van der Waals surface area contributed by atoms with Gasteiger partial charge in [-0.2, -0.15) is 0 Å². The summed E-state index contributed by atoms with van der Waals surface area (Å²) in [6, 6.07) is 8.09. The van der Waals surface area contributed by atoms with E-state index < -0.39 is 0 Å². The molecule has 1 aromatic heterocycles. The van der Waals surface area contributed by atoms with Gasteiger partial charge in [-0.3, -0.25) is 14.2 Å². The van der Waals surface area contributed by atoms with Crippen LogP contribution in [0.3, 0.4) is 0 Å². The van der Waals surface area contributed by atoms with Gasteiger partial charge in [0.2, 0.25) is 0 Å². The molecule has 2 rings (SSSR count). The minimum atomic E-state index is -0.222. The number of nitrogens with zero attached hydrogens (tertiary/aromatic N) is 2. The van der Waals surface area contributed by atoms with E-state index in [4.69, 9.17) is 11.6 Å². The molecular weight excluding hydrogens is 264 g/mol. The van der Waals surface area contributed by atoms with Crippen molar-refractivity contribution in [1.82, 2.24) is 9.55 Å². The number of hydrogen-bond donors (Lipinski definition) is 0. The highest BCUT2D eigenvalue weighted by Gasteiger charge is 2.10.